The zero-order valence-electron chi connectivity index (χ0n) is 37.9. The summed E-state index contributed by atoms with van der Waals surface area (Å²) in [5.41, 5.74) is 0.604. The molecule has 0 saturated heterocycles. The lowest BCUT2D eigenvalue weighted by atomic mass is 9.99. The van der Waals surface area contributed by atoms with Crippen LogP contribution in [0.1, 0.15) is 31.2 Å². The van der Waals surface area contributed by atoms with Crippen LogP contribution in [0.5, 0.6) is 11.5 Å². The molecule has 68 heavy (non-hydrogen) atoms. The van der Waals surface area contributed by atoms with Gasteiger partial charge in [-0.15, -0.1) is 0 Å². The fourth-order valence-electron chi connectivity index (χ4n) is 5.75. The summed E-state index contributed by atoms with van der Waals surface area (Å²) >= 11 is 0. The number of ether oxygens (including phenoxy) is 10. The summed E-state index contributed by atoms with van der Waals surface area (Å²) in [5.74, 6) is -11.9. The highest BCUT2D eigenvalue weighted by Gasteiger charge is 2.25. The van der Waals surface area contributed by atoms with Gasteiger partial charge in [0.15, 0.2) is 24.0 Å². The average Bonchev–Trinajstić information content (AvgIpc) is 3.65. The highest BCUT2D eigenvalue weighted by molar-refractivity contribution is 6.13. The van der Waals surface area contributed by atoms with Gasteiger partial charge in [-0.2, -0.15) is 8.78 Å². The standard InChI is InChI=1S/C45H59F4N3O16/c1-59-17-18-63-25-26-64-22-19-60-14-2-3-37(53)36(29-32-4-6-33(7-5-32)67-31-42(58)68-45-43(48)34(46)30-35(47)44(45)49)51-39(55)11-15-61-20-23-65-27-28-66-24-21-62-16-12-50-38(54)10-13-52-40(56)8-9-41(52)57/h4-9,30,36H,2-3,10-29,31H2,1H3,(H,50,54)(H,51,55)/t36-/m0/s1. The molecule has 1 atom stereocenters. The number of ketones is 1. The first kappa shape index (κ1) is 56.9. The number of halogens is 4. The van der Waals surface area contributed by atoms with Crippen LogP contribution in [0.25, 0.3) is 0 Å². The van der Waals surface area contributed by atoms with Crippen molar-refractivity contribution in [2.75, 3.05) is 126 Å². The zero-order valence-corrected chi connectivity index (χ0v) is 37.9. The third kappa shape index (κ3) is 23.6. The van der Waals surface area contributed by atoms with E-state index in [0.29, 0.717) is 64.8 Å². The SMILES string of the molecule is COCCOCCOCCOCCCC(=O)[C@H](Cc1ccc(OCC(=O)Oc2c(F)c(F)cc(F)c2F)cc1)NC(=O)CCOCCOCCOCCOCCNC(=O)CCN1C(=O)C=CC1=O. The van der Waals surface area contributed by atoms with Gasteiger partial charge in [-0.3, -0.25) is 28.9 Å². The van der Waals surface area contributed by atoms with Crippen molar-refractivity contribution in [2.24, 2.45) is 0 Å². The molecule has 0 saturated carbocycles. The lowest BCUT2D eigenvalue weighted by molar-refractivity contribution is -0.138. The minimum atomic E-state index is -1.88. The van der Waals surface area contributed by atoms with E-state index in [2.05, 4.69) is 15.4 Å². The second-order valence-corrected chi connectivity index (χ2v) is 14.4. The Morgan fingerprint density at radius 1 is 0.618 bits per heavy atom. The number of Topliss-reactive ketones (excluding diaryl/α,β-unsaturated/α-hetero) is 1. The number of nitrogens with zero attached hydrogens (tertiary/aromatic N) is 1. The van der Waals surface area contributed by atoms with Crippen LogP contribution < -0.4 is 20.1 Å². The Labute approximate surface area is 390 Å². The van der Waals surface area contributed by atoms with Gasteiger partial charge in [0.2, 0.25) is 29.2 Å². The minimum Gasteiger partial charge on any atom is -0.482 e. The van der Waals surface area contributed by atoms with E-state index in [4.69, 9.17) is 42.6 Å². The molecule has 2 aromatic carbocycles. The first-order chi connectivity index (χ1) is 32.9. The Kier molecular flexibility index (Phi) is 28.4. The third-order valence-electron chi connectivity index (χ3n) is 9.24. The molecule has 3 rings (SSSR count). The predicted octanol–water partition coefficient (Wildman–Crippen LogP) is 2.19. The van der Waals surface area contributed by atoms with Crippen molar-refractivity contribution in [3.05, 3.63) is 71.3 Å². The summed E-state index contributed by atoms with van der Waals surface area (Å²) in [6.07, 6.45) is 2.83. The molecule has 2 aromatic rings. The Hall–Kier alpha value is -5.40. The lowest BCUT2D eigenvalue weighted by Crippen LogP contribution is -2.42. The summed E-state index contributed by atoms with van der Waals surface area (Å²) in [6.45, 7) is 4.01. The van der Waals surface area contributed by atoms with Crippen LogP contribution >= 0.6 is 0 Å². The monoisotopic (exact) mass is 973 g/mol. The highest BCUT2D eigenvalue weighted by atomic mass is 19.2. The van der Waals surface area contributed by atoms with Crippen LogP contribution in [0.3, 0.4) is 0 Å². The van der Waals surface area contributed by atoms with E-state index in [-0.39, 0.29) is 109 Å². The fourth-order valence-corrected chi connectivity index (χ4v) is 5.75. The van der Waals surface area contributed by atoms with E-state index in [9.17, 15) is 46.3 Å². The average molecular weight is 974 g/mol. The minimum absolute atomic E-state index is 0.00539. The van der Waals surface area contributed by atoms with Crippen molar-refractivity contribution in [3.8, 4) is 11.5 Å². The van der Waals surface area contributed by atoms with E-state index >= 15 is 0 Å². The van der Waals surface area contributed by atoms with Crippen molar-refractivity contribution in [2.45, 2.75) is 38.1 Å². The number of carbonyl (C=O) groups excluding carboxylic acids is 6. The molecule has 0 bridgehead atoms. The molecule has 378 valence electrons. The topological polar surface area (TPSA) is 222 Å². The molecule has 0 spiro atoms. The molecular weight excluding hydrogens is 914 g/mol. The molecule has 0 radical (unpaired) electrons. The van der Waals surface area contributed by atoms with Crippen LogP contribution in [0.4, 0.5) is 17.6 Å². The van der Waals surface area contributed by atoms with E-state index in [1.807, 2.05) is 0 Å². The maximum atomic E-state index is 13.9. The van der Waals surface area contributed by atoms with E-state index in [1.165, 1.54) is 12.1 Å². The maximum Gasteiger partial charge on any atom is 0.349 e. The quantitative estimate of drug-likeness (QED) is 0.0245. The summed E-state index contributed by atoms with van der Waals surface area (Å²) < 4.78 is 108. The molecule has 19 nitrogen and oxygen atoms in total. The number of methoxy groups -OCH3 is 1. The van der Waals surface area contributed by atoms with Gasteiger partial charge in [-0.25, -0.2) is 13.6 Å². The molecule has 2 N–H and O–H groups in total. The van der Waals surface area contributed by atoms with Gasteiger partial charge in [0.05, 0.1) is 98.5 Å². The number of amides is 4. The molecule has 0 aliphatic carbocycles. The summed E-state index contributed by atoms with van der Waals surface area (Å²) in [4.78, 5) is 74.3. The van der Waals surface area contributed by atoms with Gasteiger partial charge in [-0.1, -0.05) is 12.1 Å². The highest BCUT2D eigenvalue weighted by Crippen LogP contribution is 2.26. The number of nitrogens with one attached hydrogen (secondary N) is 2. The molecule has 23 heteroatoms. The van der Waals surface area contributed by atoms with Crippen LogP contribution in [0.2, 0.25) is 0 Å². The number of hydrogen-bond donors (Lipinski definition) is 2. The number of imide groups is 1. The van der Waals surface area contributed by atoms with Gasteiger partial charge in [0.1, 0.15) is 5.75 Å². The molecule has 1 aliphatic heterocycles. The van der Waals surface area contributed by atoms with Crippen LogP contribution in [-0.2, 0) is 73.1 Å². The van der Waals surface area contributed by atoms with E-state index in [1.54, 1.807) is 19.2 Å². The Morgan fingerprint density at radius 3 is 1.69 bits per heavy atom. The van der Waals surface area contributed by atoms with Gasteiger partial charge in [0, 0.05) is 64.3 Å². The van der Waals surface area contributed by atoms with Gasteiger partial charge < -0.3 is 58.0 Å². The van der Waals surface area contributed by atoms with Gasteiger partial charge in [-0.05, 0) is 30.5 Å². The van der Waals surface area contributed by atoms with E-state index < -0.39 is 65.4 Å². The molecule has 0 aromatic heterocycles. The summed E-state index contributed by atoms with van der Waals surface area (Å²) in [6, 6.07) is 5.07. The number of carbonyl (C=O) groups is 6. The molecule has 1 heterocycles. The molecule has 0 unspecified atom stereocenters. The summed E-state index contributed by atoms with van der Waals surface area (Å²) in [5, 5.41) is 5.41. The van der Waals surface area contributed by atoms with Crippen molar-refractivity contribution >= 4 is 35.4 Å². The van der Waals surface area contributed by atoms with Crippen molar-refractivity contribution < 1.29 is 93.7 Å². The van der Waals surface area contributed by atoms with Crippen molar-refractivity contribution in [1.82, 2.24) is 15.5 Å². The molecular formula is C45H59F4N3O16. The maximum absolute atomic E-state index is 13.9. The molecule has 0 fully saturated rings. The molecule has 1 aliphatic rings. The third-order valence-corrected chi connectivity index (χ3v) is 9.24. The largest absolute Gasteiger partial charge is 0.482 e. The summed E-state index contributed by atoms with van der Waals surface area (Å²) in [7, 11) is 1.58. The van der Waals surface area contributed by atoms with Gasteiger partial charge in [0.25, 0.3) is 11.8 Å². The normalized spacial score (nSPS) is 12.7. The predicted molar refractivity (Wildman–Crippen MR) is 229 cm³/mol. The Bertz CT molecular complexity index is 1870. The second kappa shape index (κ2) is 34.0. The van der Waals surface area contributed by atoms with Crippen LogP contribution in [0.15, 0.2) is 42.5 Å². The molecule has 4 amide bonds. The van der Waals surface area contributed by atoms with Crippen LogP contribution in [-0.4, -0.2) is 172 Å². The van der Waals surface area contributed by atoms with Crippen LogP contribution in [0, 0.1) is 23.3 Å². The van der Waals surface area contributed by atoms with Gasteiger partial charge >= 0.3 is 5.97 Å². The number of hydrogen-bond acceptors (Lipinski definition) is 16. The number of esters is 1. The van der Waals surface area contributed by atoms with E-state index in [0.717, 1.165) is 17.1 Å². The number of rotatable bonds is 39. The fraction of sp³-hybridized carbons (Fsp3) is 0.556. The Balaban J connectivity index is 1.31. The lowest BCUT2D eigenvalue weighted by Gasteiger charge is -2.18. The first-order valence-corrected chi connectivity index (χ1v) is 21.8. The smallest absolute Gasteiger partial charge is 0.349 e. The zero-order chi connectivity index (χ0) is 49.4. The van der Waals surface area contributed by atoms with Crippen molar-refractivity contribution in [1.29, 1.82) is 0 Å². The second-order valence-electron chi connectivity index (χ2n) is 14.4. The first-order valence-electron chi connectivity index (χ1n) is 21.8. The Morgan fingerprint density at radius 2 is 1.13 bits per heavy atom. The number of benzene rings is 2. The van der Waals surface area contributed by atoms with Crippen molar-refractivity contribution in [3.63, 3.8) is 0 Å².